The Morgan fingerprint density at radius 1 is 1.14 bits per heavy atom. The van der Waals surface area contributed by atoms with Crippen molar-refractivity contribution in [2.24, 2.45) is 7.05 Å². The topological polar surface area (TPSA) is 63.1 Å². The van der Waals surface area contributed by atoms with Crippen LogP contribution in [0.25, 0.3) is 10.2 Å². The highest BCUT2D eigenvalue weighted by molar-refractivity contribution is 7.17. The van der Waals surface area contributed by atoms with Crippen molar-refractivity contribution in [1.29, 1.82) is 0 Å². The Kier molecular flexibility index (Phi) is 3.68. The normalized spacial score (nSPS) is 10.6. The molecule has 0 unspecified atom stereocenters. The van der Waals surface area contributed by atoms with Crippen LogP contribution < -0.4 is 10.6 Å². The third kappa shape index (κ3) is 2.48. The zero-order valence-corrected chi connectivity index (χ0v) is 13.0. The summed E-state index contributed by atoms with van der Waals surface area (Å²) in [6, 6.07) is 10.7. The van der Waals surface area contributed by atoms with Crippen LogP contribution in [0.4, 0.5) is 5.69 Å². The van der Waals surface area contributed by atoms with Crippen LogP contribution in [-0.4, -0.2) is 23.4 Å². The molecule has 2 heterocycles. The molecular weight excluding hydrogens is 298 g/mol. The van der Waals surface area contributed by atoms with Crippen molar-refractivity contribution < 1.29 is 9.59 Å². The van der Waals surface area contributed by atoms with Gasteiger partial charge in [0.25, 0.3) is 11.8 Å². The van der Waals surface area contributed by atoms with Crippen LogP contribution in [-0.2, 0) is 7.05 Å². The maximum Gasteiger partial charge on any atom is 0.272 e. The minimum Gasteiger partial charge on any atom is -0.355 e. The Bertz CT molecular complexity index is 863. The summed E-state index contributed by atoms with van der Waals surface area (Å²) in [6.45, 7) is 0. The van der Waals surface area contributed by atoms with Crippen LogP contribution in [0.5, 0.6) is 0 Å². The molecule has 0 fully saturated rings. The summed E-state index contributed by atoms with van der Waals surface area (Å²) >= 11 is 1.60. The van der Waals surface area contributed by atoms with Gasteiger partial charge in [0.05, 0.1) is 10.2 Å². The van der Waals surface area contributed by atoms with Crippen LogP contribution in [0.1, 0.15) is 20.8 Å². The lowest BCUT2D eigenvalue weighted by molar-refractivity contribution is 0.0961. The lowest BCUT2D eigenvalue weighted by atomic mass is 10.2. The molecule has 0 saturated heterocycles. The molecule has 0 spiro atoms. The number of hydrogen-bond donors (Lipinski definition) is 2. The number of rotatable bonds is 3. The van der Waals surface area contributed by atoms with Crippen molar-refractivity contribution in [2.75, 3.05) is 12.4 Å². The molecule has 6 heteroatoms. The number of aromatic nitrogens is 1. The standard InChI is InChI=1S/C16H15N3O2S/c1-17-15(20)10-4-3-5-11(8-10)18-16(21)13-9-14-12(19(13)2)6-7-22-14/h3-9H,1-2H3,(H,17,20)(H,18,21). The number of nitrogens with one attached hydrogen (secondary N) is 2. The predicted molar refractivity (Wildman–Crippen MR) is 88.6 cm³/mol. The van der Waals surface area contributed by atoms with E-state index in [1.54, 1.807) is 42.6 Å². The number of thiophene rings is 1. The van der Waals surface area contributed by atoms with Gasteiger partial charge in [0.2, 0.25) is 0 Å². The molecular formula is C16H15N3O2S. The SMILES string of the molecule is CNC(=O)c1cccc(NC(=O)c2cc3sccc3n2C)c1. The maximum atomic E-state index is 12.4. The minimum absolute atomic E-state index is 0.185. The van der Waals surface area contributed by atoms with E-state index in [1.165, 1.54) is 0 Å². The Hall–Kier alpha value is -2.60. The molecule has 0 atom stereocenters. The fraction of sp³-hybridized carbons (Fsp3) is 0.125. The zero-order valence-electron chi connectivity index (χ0n) is 12.2. The van der Waals surface area contributed by atoms with E-state index in [4.69, 9.17) is 0 Å². The minimum atomic E-state index is -0.194. The quantitative estimate of drug-likeness (QED) is 0.781. The molecule has 3 aromatic rings. The molecule has 0 bridgehead atoms. The summed E-state index contributed by atoms with van der Waals surface area (Å²) in [5.41, 5.74) is 2.73. The van der Waals surface area contributed by atoms with E-state index >= 15 is 0 Å². The largest absolute Gasteiger partial charge is 0.355 e. The van der Waals surface area contributed by atoms with E-state index in [9.17, 15) is 9.59 Å². The molecule has 3 rings (SSSR count). The van der Waals surface area contributed by atoms with Crippen LogP contribution in [0, 0.1) is 0 Å². The summed E-state index contributed by atoms with van der Waals surface area (Å²) < 4.78 is 2.94. The van der Waals surface area contributed by atoms with E-state index in [0.717, 1.165) is 10.2 Å². The van der Waals surface area contributed by atoms with E-state index in [1.807, 2.05) is 29.1 Å². The number of carbonyl (C=O) groups excluding carboxylic acids is 2. The third-order valence-corrected chi connectivity index (χ3v) is 4.36. The fourth-order valence-corrected chi connectivity index (χ4v) is 3.19. The van der Waals surface area contributed by atoms with Gasteiger partial charge in [-0.2, -0.15) is 0 Å². The van der Waals surface area contributed by atoms with Gasteiger partial charge >= 0.3 is 0 Å². The Labute approximate surface area is 131 Å². The van der Waals surface area contributed by atoms with Crippen molar-refractivity contribution in [3.63, 3.8) is 0 Å². The zero-order chi connectivity index (χ0) is 15.7. The van der Waals surface area contributed by atoms with Gasteiger partial charge in [-0.25, -0.2) is 0 Å². The smallest absolute Gasteiger partial charge is 0.272 e. The molecule has 1 aromatic carbocycles. The summed E-state index contributed by atoms with van der Waals surface area (Å²) in [5.74, 6) is -0.379. The lowest BCUT2D eigenvalue weighted by Gasteiger charge is -2.08. The maximum absolute atomic E-state index is 12.4. The molecule has 5 nitrogen and oxygen atoms in total. The fourth-order valence-electron chi connectivity index (χ4n) is 2.35. The molecule has 0 saturated carbocycles. The molecule has 0 radical (unpaired) electrons. The molecule has 112 valence electrons. The Morgan fingerprint density at radius 2 is 1.95 bits per heavy atom. The number of aryl methyl sites for hydroxylation is 1. The summed E-state index contributed by atoms with van der Waals surface area (Å²) in [7, 11) is 3.44. The summed E-state index contributed by atoms with van der Waals surface area (Å²) in [5, 5.41) is 7.40. The van der Waals surface area contributed by atoms with Gasteiger partial charge in [0.15, 0.2) is 0 Å². The molecule has 22 heavy (non-hydrogen) atoms. The van der Waals surface area contributed by atoms with E-state index in [-0.39, 0.29) is 11.8 Å². The number of hydrogen-bond acceptors (Lipinski definition) is 3. The first-order valence-electron chi connectivity index (χ1n) is 6.76. The second-order valence-corrected chi connectivity index (χ2v) is 5.82. The Balaban J connectivity index is 1.86. The highest BCUT2D eigenvalue weighted by Crippen LogP contribution is 2.24. The summed E-state index contributed by atoms with van der Waals surface area (Å²) in [4.78, 5) is 24.1. The highest BCUT2D eigenvalue weighted by atomic mass is 32.1. The van der Waals surface area contributed by atoms with Crippen molar-refractivity contribution in [3.8, 4) is 0 Å². The number of fused-ring (bicyclic) bond motifs is 1. The van der Waals surface area contributed by atoms with E-state index in [0.29, 0.717) is 16.9 Å². The van der Waals surface area contributed by atoms with Crippen LogP contribution in [0.15, 0.2) is 41.8 Å². The molecule has 0 aliphatic rings. The van der Waals surface area contributed by atoms with Crippen molar-refractivity contribution in [3.05, 3.63) is 53.0 Å². The summed E-state index contributed by atoms with van der Waals surface area (Å²) in [6.07, 6.45) is 0. The number of nitrogens with zero attached hydrogens (tertiary/aromatic N) is 1. The monoisotopic (exact) mass is 313 g/mol. The Morgan fingerprint density at radius 3 is 2.68 bits per heavy atom. The second-order valence-electron chi connectivity index (χ2n) is 4.87. The predicted octanol–water partition coefficient (Wildman–Crippen LogP) is 2.85. The lowest BCUT2D eigenvalue weighted by Crippen LogP contribution is -2.19. The van der Waals surface area contributed by atoms with Gasteiger partial charge in [0.1, 0.15) is 5.69 Å². The first-order chi connectivity index (χ1) is 10.6. The van der Waals surface area contributed by atoms with Gasteiger partial charge in [0, 0.05) is 25.3 Å². The number of benzene rings is 1. The van der Waals surface area contributed by atoms with Crippen LogP contribution in [0.2, 0.25) is 0 Å². The first kappa shape index (κ1) is 14.3. The van der Waals surface area contributed by atoms with Gasteiger partial charge in [-0.05, 0) is 35.7 Å². The average molecular weight is 313 g/mol. The van der Waals surface area contributed by atoms with E-state index in [2.05, 4.69) is 10.6 Å². The number of anilines is 1. The highest BCUT2D eigenvalue weighted by Gasteiger charge is 2.14. The molecule has 2 N–H and O–H groups in total. The first-order valence-corrected chi connectivity index (χ1v) is 7.64. The van der Waals surface area contributed by atoms with Crippen LogP contribution in [0.3, 0.4) is 0 Å². The van der Waals surface area contributed by atoms with Crippen molar-refractivity contribution in [2.45, 2.75) is 0 Å². The second kappa shape index (κ2) is 5.65. The molecule has 2 aromatic heterocycles. The van der Waals surface area contributed by atoms with Gasteiger partial charge in [-0.15, -0.1) is 11.3 Å². The molecule has 2 amide bonds. The number of carbonyl (C=O) groups is 2. The van der Waals surface area contributed by atoms with Gasteiger partial charge in [-0.1, -0.05) is 6.07 Å². The van der Waals surface area contributed by atoms with Crippen molar-refractivity contribution >= 4 is 39.1 Å². The van der Waals surface area contributed by atoms with Crippen molar-refractivity contribution in [1.82, 2.24) is 9.88 Å². The number of amides is 2. The van der Waals surface area contributed by atoms with E-state index < -0.39 is 0 Å². The molecule has 0 aliphatic carbocycles. The van der Waals surface area contributed by atoms with Gasteiger partial charge in [-0.3, -0.25) is 9.59 Å². The molecule has 0 aliphatic heterocycles. The average Bonchev–Trinajstić information content (AvgIpc) is 3.10. The van der Waals surface area contributed by atoms with Crippen LogP contribution >= 0.6 is 11.3 Å². The third-order valence-electron chi connectivity index (χ3n) is 3.51. The van der Waals surface area contributed by atoms with Gasteiger partial charge < -0.3 is 15.2 Å².